The fourth-order valence-electron chi connectivity index (χ4n) is 2.53. The van der Waals surface area contributed by atoms with Crippen LogP contribution in [0.15, 0.2) is 54.6 Å². The molecule has 104 valence electrons. The molecule has 3 aromatic rings. The number of carbonyl (C=O) groups is 1. The molecular weight excluding hydrogens is 282 g/mol. The normalized spacial score (nSPS) is 10.8. The number of halogens is 1. The summed E-state index contributed by atoms with van der Waals surface area (Å²) in [7, 11) is 0. The summed E-state index contributed by atoms with van der Waals surface area (Å²) >= 11 is 6.18. The van der Waals surface area contributed by atoms with Crippen LogP contribution in [-0.2, 0) is 0 Å². The van der Waals surface area contributed by atoms with E-state index in [1.165, 1.54) is 0 Å². The Hall–Kier alpha value is -2.32. The molecule has 0 radical (unpaired) electrons. The second-order valence-corrected chi connectivity index (χ2v) is 5.45. The Labute approximate surface area is 128 Å². The third-order valence-corrected chi connectivity index (χ3v) is 3.91. The van der Waals surface area contributed by atoms with E-state index in [2.05, 4.69) is 0 Å². The number of hydrogen-bond acceptors (Lipinski definition) is 2. The summed E-state index contributed by atoms with van der Waals surface area (Å²) < 4.78 is 0. The summed E-state index contributed by atoms with van der Waals surface area (Å²) in [5.41, 5.74) is 8.35. The SMILES string of the molecule is Cc1ccc2ccccc2c1C(=O)c1ccc(N)cc1Cl. The van der Waals surface area contributed by atoms with Gasteiger partial charge in [-0.3, -0.25) is 4.79 Å². The largest absolute Gasteiger partial charge is 0.399 e. The van der Waals surface area contributed by atoms with Crippen molar-refractivity contribution in [3.05, 3.63) is 76.3 Å². The molecule has 0 aliphatic carbocycles. The molecule has 21 heavy (non-hydrogen) atoms. The average molecular weight is 296 g/mol. The molecule has 0 spiro atoms. The minimum atomic E-state index is -0.0747. The van der Waals surface area contributed by atoms with Crippen LogP contribution < -0.4 is 5.73 Å². The van der Waals surface area contributed by atoms with E-state index < -0.39 is 0 Å². The molecule has 3 rings (SSSR count). The maximum Gasteiger partial charge on any atom is 0.195 e. The van der Waals surface area contributed by atoms with Crippen molar-refractivity contribution in [2.45, 2.75) is 6.92 Å². The van der Waals surface area contributed by atoms with E-state index in [0.29, 0.717) is 21.8 Å². The highest BCUT2D eigenvalue weighted by molar-refractivity contribution is 6.36. The summed E-state index contributed by atoms with van der Waals surface area (Å²) in [6.07, 6.45) is 0. The van der Waals surface area contributed by atoms with E-state index >= 15 is 0 Å². The third kappa shape index (κ3) is 2.39. The Morgan fingerprint density at radius 2 is 1.81 bits per heavy atom. The van der Waals surface area contributed by atoms with Crippen LogP contribution >= 0.6 is 11.6 Å². The molecule has 2 nitrogen and oxygen atoms in total. The van der Waals surface area contributed by atoms with Crippen LogP contribution in [0.4, 0.5) is 5.69 Å². The first-order valence-corrected chi connectivity index (χ1v) is 7.04. The molecule has 0 fully saturated rings. The van der Waals surface area contributed by atoms with Crippen molar-refractivity contribution in [2.75, 3.05) is 5.73 Å². The topological polar surface area (TPSA) is 43.1 Å². The fourth-order valence-corrected chi connectivity index (χ4v) is 2.81. The lowest BCUT2D eigenvalue weighted by atomic mass is 9.93. The Kier molecular flexibility index (Phi) is 3.40. The van der Waals surface area contributed by atoms with Gasteiger partial charge >= 0.3 is 0 Å². The Balaban J connectivity index is 2.24. The molecule has 0 aliphatic heterocycles. The molecule has 0 heterocycles. The smallest absolute Gasteiger partial charge is 0.195 e. The van der Waals surface area contributed by atoms with Gasteiger partial charge in [0.05, 0.1) is 5.02 Å². The van der Waals surface area contributed by atoms with Gasteiger partial charge in [-0.25, -0.2) is 0 Å². The van der Waals surface area contributed by atoms with Crippen molar-refractivity contribution in [1.82, 2.24) is 0 Å². The molecule has 0 saturated carbocycles. The highest BCUT2D eigenvalue weighted by Crippen LogP contribution is 2.28. The molecular formula is C18H14ClNO. The molecule has 0 aliphatic rings. The minimum Gasteiger partial charge on any atom is -0.399 e. The first-order chi connectivity index (χ1) is 10.1. The van der Waals surface area contributed by atoms with Crippen molar-refractivity contribution in [2.24, 2.45) is 0 Å². The number of aryl methyl sites for hydroxylation is 1. The Bertz CT molecular complexity index is 855. The number of ketones is 1. The standard InChI is InChI=1S/C18H14ClNO/c1-11-6-7-12-4-2-3-5-14(12)17(11)18(21)15-9-8-13(20)10-16(15)19/h2-10H,20H2,1H3. The summed E-state index contributed by atoms with van der Waals surface area (Å²) in [4.78, 5) is 12.9. The molecule has 0 atom stereocenters. The third-order valence-electron chi connectivity index (χ3n) is 3.60. The maximum absolute atomic E-state index is 12.9. The van der Waals surface area contributed by atoms with E-state index in [1.54, 1.807) is 18.2 Å². The molecule has 0 aromatic heterocycles. The van der Waals surface area contributed by atoms with Gasteiger partial charge in [-0.05, 0) is 41.5 Å². The molecule has 3 aromatic carbocycles. The van der Waals surface area contributed by atoms with Gasteiger partial charge in [-0.2, -0.15) is 0 Å². The number of nitrogens with two attached hydrogens (primary N) is 1. The molecule has 3 heteroatoms. The highest BCUT2D eigenvalue weighted by Gasteiger charge is 2.17. The predicted molar refractivity (Wildman–Crippen MR) is 88.0 cm³/mol. The number of anilines is 1. The number of nitrogen functional groups attached to an aromatic ring is 1. The first-order valence-electron chi connectivity index (χ1n) is 6.66. The van der Waals surface area contributed by atoms with Crippen LogP contribution in [0, 0.1) is 6.92 Å². The van der Waals surface area contributed by atoms with E-state index in [1.807, 2.05) is 43.3 Å². The summed E-state index contributed by atoms with van der Waals surface area (Å²) in [6.45, 7) is 1.94. The van der Waals surface area contributed by atoms with Crippen LogP contribution in [-0.4, -0.2) is 5.78 Å². The van der Waals surface area contributed by atoms with Gasteiger partial charge in [0, 0.05) is 16.8 Å². The van der Waals surface area contributed by atoms with Gasteiger partial charge in [-0.1, -0.05) is 48.0 Å². The van der Waals surface area contributed by atoms with E-state index in [4.69, 9.17) is 17.3 Å². The number of fused-ring (bicyclic) bond motifs is 1. The van der Waals surface area contributed by atoms with Gasteiger partial charge in [0.15, 0.2) is 5.78 Å². The van der Waals surface area contributed by atoms with Crippen molar-refractivity contribution < 1.29 is 4.79 Å². The first kappa shape index (κ1) is 13.7. The van der Waals surface area contributed by atoms with Gasteiger partial charge in [0.25, 0.3) is 0 Å². The summed E-state index contributed by atoms with van der Waals surface area (Å²) in [5.74, 6) is -0.0747. The lowest BCUT2D eigenvalue weighted by Crippen LogP contribution is -2.06. The van der Waals surface area contributed by atoms with Crippen LogP contribution in [0.5, 0.6) is 0 Å². The second-order valence-electron chi connectivity index (χ2n) is 5.05. The molecule has 0 unspecified atom stereocenters. The molecule has 2 N–H and O–H groups in total. The van der Waals surface area contributed by atoms with Gasteiger partial charge in [0.1, 0.15) is 0 Å². The lowest BCUT2D eigenvalue weighted by molar-refractivity contribution is 0.104. The lowest BCUT2D eigenvalue weighted by Gasteiger charge is -2.11. The molecule has 0 bridgehead atoms. The van der Waals surface area contributed by atoms with Crippen molar-refractivity contribution in [3.8, 4) is 0 Å². The zero-order valence-electron chi connectivity index (χ0n) is 11.6. The number of hydrogen-bond donors (Lipinski definition) is 1. The molecule has 0 saturated heterocycles. The second kappa shape index (κ2) is 5.23. The fraction of sp³-hybridized carbons (Fsp3) is 0.0556. The minimum absolute atomic E-state index is 0.0747. The predicted octanol–water partition coefficient (Wildman–Crippen LogP) is 4.61. The molecule has 0 amide bonds. The van der Waals surface area contributed by atoms with E-state index in [-0.39, 0.29) is 5.78 Å². The van der Waals surface area contributed by atoms with E-state index in [9.17, 15) is 4.79 Å². The average Bonchev–Trinajstić information content (AvgIpc) is 2.46. The van der Waals surface area contributed by atoms with Crippen molar-refractivity contribution in [1.29, 1.82) is 0 Å². The maximum atomic E-state index is 12.9. The number of benzene rings is 3. The van der Waals surface area contributed by atoms with Crippen LogP contribution in [0.2, 0.25) is 5.02 Å². The monoisotopic (exact) mass is 295 g/mol. The van der Waals surface area contributed by atoms with Crippen LogP contribution in [0.3, 0.4) is 0 Å². The van der Waals surface area contributed by atoms with Crippen LogP contribution in [0.25, 0.3) is 10.8 Å². The Morgan fingerprint density at radius 1 is 1.05 bits per heavy atom. The number of rotatable bonds is 2. The van der Waals surface area contributed by atoms with Crippen molar-refractivity contribution >= 4 is 33.8 Å². The van der Waals surface area contributed by atoms with E-state index in [0.717, 1.165) is 16.3 Å². The van der Waals surface area contributed by atoms with Gasteiger partial charge < -0.3 is 5.73 Å². The highest BCUT2D eigenvalue weighted by atomic mass is 35.5. The van der Waals surface area contributed by atoms with Crippen molar-refractivity contribution in [3.63, 3.8) is 0 Å². The Morgan fingerprint density at radius 3 is 2.57 bits per heavy atom. The summed E-state index contributed by atoms with van der Waals surface area (Å²) in [6, 6.07) is 16.8. The van der Waals surface area contributed by atoms with Gasteiger partial charge in [0.2, 0.25) is 0 Å². The summed E-state index contributed by atoms with van der Waals surface area (Å²) in [5, 5.41) is 2.36. The zero-order valence-corrected chi connectivity index (χ0v) is 12.3. The number of carbonyl (C=O) groups excluding carboxylic acids is 1. The van der Waals surface area contributed by atoms with Gasteiger partial charge in [-0.15, -0.1) is 0 Å². The zero-order chi connectivity index (χ0) is 15.0. The quantitative estimate of drug-likeness (QED) is 0.554. The van der Waals surface area contributed by atoms with Crippen LogP contribution in [0.1, 0.15) is 21.5 Å².